The summed E-state index contributed by atoms with van der Waals surface area (Å²) in [6.45, 7) is 6.56. The van der Waals surface area contributed by atoms with Crippen LogP contribution in [0.4, 0.5) is 0 Å². The van der Waals surface area contributed by atoms with Gasteiger partial charge in [-0.3, -0.25) is 14.4 Å². The molecule has 27 heavy (non-hydrogen) atoms. The Morgan fingerprint density at radius 3 is 2.56 bits per heavy atom. The first-order chi connectivity index (χ1) is 12.9. The van der Waals surface area contributed by atoms with E-state index in [9.17, 15) is 14.4 Å². The average Bonchev–Trinajstić information content (AvgIpc) is 2.62. The molecule has 0 aliphatic carbocycles. The molecule has 2 fully saturated rings. The van der Waals surface area contributed by atoms with Gasteiger partial charge in [-0.15, -0.1) is 0 Å². The number of amides is 2. The van der Waals surface area contributed by atoms with Crippen molar-refractivity contribution < 1.29 is 19.5 Å². The van der Waals surface area contributed by atoms with Gasteiger partial charge >= 0.3 is 5.97 Å². The van der Waals surface area contributed by atoms with Gasteiger partial charge < -0.3 is 20.6 Å². The third-order valence-electron chi connectivity index (χ3n) is 5.90. The molecule has 7 heteroatoms. The van der Waals surface area contributed by atoms with Crippen LogP contribution in [-0.2, 0) is 14.4 Å². The van der Waals surface area contributed by atoms with Crippen LogP contribution in [0.2, 0.25) is 0 Å². The number of hydrogen-bond acceptors (Lipinski definition) is 4. The maximum atomic E-state index is 12.8. The van der Waals surface area contributed by atoms with Gasteiger partial charge in [0.2, 0.25) is 11.8 Å². The largest absolute Gasteiger partial charge is 0.481 e. The van der Waals surface area contributed by atoms with E-state index in [0.717, 1.165) is 38.8 Å². The number of likely N-dealkylation sites (tertiary alicyclic amines) is 1. The third-order valence-corrected chi connectivity index (χ3v) is 5.90. The summed E-state index contributed by atoms with van der Waals surface area (Å²) in [5.74, 6) is -0.338. The number of carboxylic acids is 1. The standard InChI is InChI=1S/C20H35N3O4/c1-14(2)17(12-19(25)26)22-18(24)13-23-11-3-4-16(20(23)27)6-5-15-7-9-21-10-8-15/h14-17,21H,3-13H2,1-2H3,(H,22,24)(H,25,26). The van der Waals surface area contributed by atoms with Gasteiger partial charge in [0.05, 0.1) is 13.0 Å². The van der Waals surface area contributed by atoms with Crippen molar-refractivity contribution >= 4 is 17.8 Å². The topological polar surface area (TPSA) is 98.7 Å². The minimum Gasteiger partial charge on any atom is -0.481 e. The highest BCUT2D eigenvalue weighted by atomic mass is 16.4. The van der Waals surface area contributed by atoms with Crippen molar-refractivity contribution in [2.24, 2.45) is 17.8 Å². The first-order valence-corrected chi connectivity index (χ1v) is 10.4. The molecule has 2 atom stereocenters. The fourth-order valence-corrected chi connectivity index (χ4v) is 4.12. The van der Waals surface area contributed by atoms with Gasteiger partial charge in [-0.1, -0.05) is 13.8 Å². The predicted octanol–water partition coefficient (Wildman–Crippen LogP) is 1.62. The molecule has 154 valence electrons. The summed E-state index contributed by atoms with van der Waals surface area (Å²) in [5.41, 5.74) is 0. The molecule has 7 nitrogen and oxygen atoms in total. The molecule has 2 aliphatic rings. The molecule has 2 unspecified atom stereocenters. The van der Waals surface area contributed by atoms with Gasteiger partial charge in [-0.25, -0.2) is 0 Å². The summed E-state index contributed by atoms with van der Waals surface area (Å²) in [4.78, 5) is 37.8. The van der Waals surface area contributed by atoms with E-state index < -0.39 is 12.0 Å². The van der Waals surface area contributed by atoms with Crippen LogP contribution in [0.25, 0.3) is 0 Å². The first kappa shape index (κ1) is 21.7. The molecular weight excluding hydrogens is 346 g/mol. The molecule has 2 heterocycles. The molecule has 0 radical (unpaired) electrons. The lowest BCUT2D eigenvalue weighted by atomic mass is 9.86. The van der Waals surface area contributed by atoms with Crippen molar-refractivity contribution in [3.8, 4) is 0 Å². The Balaban J connectivity index is 1.81. The Kier molecular flexibility index (Phi) is 8.54. The zero-order chi connectivity index (χ0) is 19.8. The van der Waals surface area contributed by atoms with Crippen LogP contribution in [0.5, 0.6) is 0 Å². The molecule has 2 rings (SSSR count). The Bertz CT molecular complexity index is 517. The van der Waals surface area contributed by atoms with Crippen molar-refractivity contribution in [2.75, 3.05) is 26.2 Å². The summed E-state index contributed by atoms with van der Waals surface area (Å²) >= 11 is 0. The summed E-state index contributed by atoms with van der Waals surface area (Å²) < 4.78 is 0. The summed E-state index contributed by atoms with van der Waals surface area (Å²) in [7, 11) is 0. The summed E-state index contributed by atoms with van der Waals surface area (Å²) in [6.07, 6.45) is 6.12. The van der Waals surface area contributed by atoms with Crippen molar-refractivity contribution in [3.63, 3.8) is 0 Å². The zero-order valence-electron chi connectivity index (χ0n) is 16.7. The number of nitrogens with zero attached hydrogens (tertiary/aromatic N) is 1. The van der Waals surface area contributed by atoms with Gasteiger partial charge in [0.25, 0.3) is 0 Å². The molecule has 0 bridgehead atoms. The van der Waals surface area contributed by atoms with Crippen LogP contribution in [0.15, 0.2) is 0 Å². The van der Waals surface area contributed by atoms with E-state index in [0.29, 0.717) is 12.5 Å². The maximum Gasteiger partial charge on any atom is 0.305 e. The fraction of sp³-hybridized carbons (Fsp3) is 0.850. The Hall–Kier alpha value is -1.63. The quantitative estimate of drug-likeness (QED) is 0.564. The molecule has 0 spiro atoms. The van der Waals surface area contributed by atoms with Gasteiger partial charge in [0.1, 0.15) is 0 Å². The third kappa shape index (κ3) is 7.13. The van der Waals surface area contributed by atoms with Crippen LogP contribution in [0.1, 0.15) is 58.8 Å². The van der Waals surface area contributed by atoms with Crippen LogP contribution < -0.4 is 10.6 Å². The second kappa shape index (κ2) is 10.6. The Labute approximate surface area is 162 Å². The minimum absolute atomic E-state index is 0.0276. The molecule has 2 amide bonds. The second-order valence-corrected chi connectivity index (χ2v) is 8.39. The molecule has 0 aromatic heterocycles. The SMILES string of the molecule is CC(C)C(CC(=O)O)NC(=O)CN1CCCC(CCC2CCNCC2)C1=O. The lowest BCUT2D eigenvalue weighted by molar-refractivity contribution is -0.143. The van der Waals surface area contributed by atoms with E-state index in [1.54, 1.807) is 4.90 Å². The van der Waals surface area contributed by atoms with Crippen molar-refractivity contribution in [2.45, 2.75) is 64.8 Å². The van der Waals surface area contributed by atoms with Gasteiger partial charge in [-0.05, 0) is 63.5 Å². The van der Waals surface area contributed by atoms with Gasteiger partial charge in [-0.2, -0.15) is 0 Å². The molecule has 3 N–H and O–H groups in total. The number of rotatable bonds is 9. The summed E-state index contributed by atoms with van der Waals surface area (Å²) in [6, 6.07) is -0.411. The van der Waals surface area contributed by atoms with Crippen LogP contribution in [-0.4, -0.2) is 60.0 Å². The highest BCUT2D eigenvalue weighted by Gasteiger charge is 2.31. The lowest BCUT2D eigenvalue weighted by Gasteiger charge is -2.33. The molecule has 0 aromatic rings. The molecule has 0 aromatic carbocycles. The van der Waals surface area contributed by atoms with E-state index in [4.69, 9.17) is 5.11 Å². The number of piperidine rings is 2. The van der Waals surface area contributed by atoms with Crippen LogP contribution in [0, 0.1) is 17.8 Å². The number of carbonyl (C=O) groups excluding carboxylic acids is 2. The van der Waals surface area contributed by atoms with E-state index in [-0.39, 0.29) is 36.6 Å². The smallest absolute Gasteiger partial charge is 0.305 e. The number of hydrogen-bond donors (Lipinski definition) is 3. The Morgan fingerprint density at radius 1 is 1.22 bits per heavy atom. The number of carbonyl (C=O) groups is 3. The maximum absolute atomic E-state index is 12.8. The number of carboxylic acid groups (broad SMARTS) is 1. The monoisotopic (exact) mass is 381 g/mol. The highest BCUT2D eigenvalue weighted by molar-refractivity contribution is 5.86. The minimum atomic E-state index is -0.930. The average molecular weight is 382 g/mol. The first-order valence-electron chi connectivity index (χ1n) is 10.4. The van der Waals surface area contributed by atoms with E-state index in [1.807, 2.05) is 13.8 Å². The molecule has 2 saturated heterocycles. The van der Waals surface area contributed by atoms with Crippen molar-refractivity contribution in [1.82, 2.24) is 15.5 Å². The van der Waals surface area contributed by atoms with E-state index >= 15 is 0 Å². The number of aliphatic carboxylic acids is 1. The molecular formula is C20H35N3O4. The second-order valence-electron chi connectivity index (χ2n) is 8.39. The van der Waals surface area contributed by atoms with Crippen LogP contribution >= 0.6 is 0 Å². The fourth-order valence-electron chi connectivity index (χ4n) is 4.12. The van der Waals surface area contributed by atoms with Gasteiger partial charge in [0, 0.05) is 18.5 Å². The van der Waals surface area contributed by atoms with E-state index in [1.165, 1.54) is 12.8 Å². The highest BCUT2D eigenvalue weighted by Crippen LogP contribution is 2.27. The number of nitrogens with one attached hydrogen (secondary N) is 2. The van der Waals surface area contributed by atoms with Crippen molar-refractivity contribution in [3.05, 3.63) is 0 Å². The molecule has 0 saturated carbocycles. The summed E-state index contributed by atoms with van der Waals surface area (Å²) in [5, 5.41) is 15.2. The van der Waals surface area contributed by atoms with Gasteiger partial charge in [0.15, 0.2) is 0 Å². The van der Waals surface area contributed by atoms with E-state index in [2.05, 4.69) is 10.6 Å². The van der Waals surface area contributed by atoms with Crippen molar-refractivity contribution in [1.29, 1.82) is 0 Å². The predicted molar refractivity (Wildman–Crippen MR) is 103 cm³/mol. The molecule has 2 aliphatic heterocycles. The lowest BCUT2D eigenvalue weighted by Crippen LogP contribution is -2.49. The zero-order valence-corrected chi connectivity index (χ0v) is 16.7. The Morgan fingerprint density at radius 2 is 1.93 bits per heavy atom. The van der Waals surface area contributed by atoms with Crippen LogP contribution in [0.3, 0.4) is 0 Å². The normalized spacial score (nSPS) is 22.7.